The second-order valence-electron chi connectivity index (χ2n) is 4.95. The van der Waals surface area contributed by atoms with Crippen LogP contribution >= 0.6 is 0 Å². The third-order valence-corrected chi connectivity index (χ3v) is 3.48. The van der Waals surface area contributed by atoms with Crippen molar-refractivity contribution in [2.24, 2.45) is 0 Å². The molecule has 0 aromatic heterocycles. The SMILES string of the molecule is CCNCc1cc(F)cc(N2CCOC(CC)C2)c1. The Labute approximate surface area is 114 Å². The Hall–Kier alpha value is -1.13. The van der Waals surface area contributed by atoms with Crippen LogP contribution in [0.15, 0.2) is 18.2 Å². The van der Waals surface area contributed by atoms with Gasteiger partial charge in [-0.1, -0.05) is 13.8 Å². The Kier molecular flexibility index (Phi) is 5.16. The van der Waals surface area contributed by atoms with E-state index in [4.69, 9.17) is 4.74 Å². The molecule has 0 saturated carbocycles. The number of halogens is 1. The maximum atomic E-state index is 13.7. The van der Waals surface area contributed by atoms with Crippen LogP contribution in [0.1, 0.15) is 25.8 Å². The van der Waals surface area contributed by atoms with Crippen LogP contribution in [0.2, 0.25) is 0 Å². The highest BCUT2D eigenvalue weighted by molar-refractivity contribution is 5.49. The molecule has 0 bridgehead atoms. The summed E-state index contributed by atoms with van der Waals surface area (Å²) in [5.74, 6) is -0.162. The lowest BCUT2D eigenvalue weighted by Gasteiger charge is -2.34. The van der Waals surface area contributed by atoms with Gasteiger partial charge in [-0.15, -0.1) is 0 Å². The van der Waals surface area contributed by atoms with E-state index < -0.39 is 0 Å². The van der Waals surface area contributed by atoms with E-state index in [0.29, 0.717) is 6.54 Å². The monoisotopic (exact) mass is 266 g/mol. The van der Waals surface area contributed by atoms with Gasteiger partial charge in [0.25, 0.3) is 0 Å². The minimum Gasteiger partial charge on any atom is -0.375 e. The molecule has 0 spiro atoms. The predicted molar refractivity (Wildman–Crippen MR) is 76.0 cm³/mol. The van der Waals surface area contributed by atoms with E-state index in [1.54, 1.807) is 12.1 Å². The first-order valence-corrected chi connectivity index (χ1v) is 7.09. The van der Waals surface area contributed by atoms with E-state index in [1.807, 2.05) is 6.92 Å². The van der Waals surface area contributed by atoms with Crippen LogP contribution in [-0.4, -0.2) is 32.3 Å². The molecule has 1 fully saturated rings. The Morgan fingerprint density at radius 2 is 2.21 bits per heavy atom. The fourth-order valence-corrected chi connectivity index (χ4v) is 2.39. The van der Waals surface area contributed by atoms with Gasteiger partial charge in [0, 0.05) is 25.3 Å². The average Bonchev–Trinajstić information content (AvgIpc) is 2.44. The van der Waals surface area contributed by atoms with Crippen LogP contribution in [0.4, 0.5) is 10.1 Å². The minimum atomic E-state index is -0.162. The van der Waals surface area contributed by atoms with E-state index in [-0.39, 0.29) is 11.9 Å². The van der Waals surface area contributed by atoms with E-state index >= 15 is 0 Å². The van der Waals surface area contributed by atoms with Gasteiger partial charge in [-0.3, -0.25) is 0 Å². The van der Waals surface area contributed by atoms with Crippen molar-refractivity contribution in [1.29, 1.82) is 0 Å². The number of hydrogen-bond donors (Lipinski definition) is 1. The zero-order chi connectivity index (χ0) is 13.7. The van der Waals surface area contributed by atoms with Crippen LogP contribution in [0.3, 0.4) is 0 Å². The van der Waals surface area contributed by atoms with Gasteiger partial charge in [0.15, 0.2) is 0 Å². The Bertz CT molecular complexity index is 411. The molecule has 106 valence electrons. The summed E-state index contributed by atoms with van der Waals surface area (Å²) in [6.45, 7) is 8.17. The molecule has 1 atom stereocenters. The number of nitrogens with one attached hydrogen (secondary N) is 1. The number of ether oxygens (including phenoxy) is 1. The van der Waals surface area contributed by atoms with Crippen molar-refractivity contribution in [3.05, 3.63) is 29.6 Å². The smallest absolute Gasteiger partial charge is 0.125 e. The van der Waals surface area contributed by atoms with Crippen molar-refractivity contribution in [1.82, 2.24) is 5.32 Å². The number of benzene rings is 1. The summed E-state index contributed by atoms with van der Waals surface area (Å²) in [4.78, 5) is 2.22. The first-order valence-electron chi connectivity index (χ1n) is 7.09. The number of anilines is 1. The van der Waals surface area contributed by atoms with Crippen molar-refractivity contribution >= 4 is 5.69 Å². The molecule has 1 N–H and O–H groups in total. The van der Waals surface area contributed by atoms with Crippen molar-refractivity contribution in [2.75, 3.05) is 31.1 Å². The molecule has 1 saturated heterocycles. The maximum absolute atomic E-state index is 13.7. The molecule has 0 amide bonds. The van der Waals surface area contributed by atoms with Gasteiger partial charge in [0.05, 0.1) is 12.7 Å². The van der Waals surface area contributed by atoms with Crippen molar-refractivity contribution in [2.45, 2.75) is 32.9 Å². The van der Waals surface area contributed by atoms with Crippen LogP contribution in [0.5, 0.6) is 0 Å². The minimum absolute atomic E-state index is 0.162. The first kappa shape index (κ1) is 14.3. The molecule has 1 heterocycles. The highest BCUT2D eigenvalue weighted by atomic mass is 19.1. The molecule has 1 aromatic rings. The van der Waals surface area contributed by atoms with E-state index in [0.717, 1.165) is 43.9 Å². The normalized spacial score (nSPS) is 19.7. The van der Waals surface area contributed by atoms with Crippen LogP contribution in [0, 0.1) is 5.82 Å². The molecule has 4 heteroatoms. The highest BCUT2D eigenvalue weighted by Gasteiger charge is 2.19. The Morgan fingerprint density at radius 1 is 1.37 bits per heavy atom. The molecular weight excluding hydrogens is 243 g/mol. The third-order valence-electron chi connectivity index (χ3n) is 3.48. The van der Waals surface area contributed by atoms with Gasteiger partial charge in [-0.25, -0.2) is 4.39 Å². The van der Waals surface area contributed by atoms with Crippen LogP contribution in [-0.2, 0) is 11.3 Å². The lowest BCUT2D eigenvalue weighted by Crippen LogP contribution is -2.42. The summed E-state index contributed by atoms with van der Waals surface area (Å²) < 4.78 is 19.4. The van der Waals surface area contributed by atoms with Crippen LogP contribution in [0.25, 0.3) is 0 Å². The molecule has 1 aromatic carbocycles. The zero-order valence-electron chi connectivity index (χ0n) is 11.8. The summed E-state index contributed by atoms with van der Waals surface area (Å²) in [7, 11) is 0. The number of hydrogen-bond acceptors (Lipinski definition) is 3. The van der Waals surface area contributed by atoms with E-state index in [1.165, 1.54) is 0 Å². The zero-order valence-corrected chi connectivity index (χ0v) is 11.8. The summed E-state index contributed by atoms with van der Waals surface area (Å²) in [5.41, 5.74) is 1.96. The van der Waals surface area contributed by atoms with Crippen LogP contribution < -0.4 is 10.2 Å². The van der Waals surface area contributed by atoms with Gasteiger partial charge in [0.1, 0.15) is 5.82 Å². The van der Waals surface area contributed by atoms with Gasteiger partial charge < -0.3 is 15.0 Å². The lowest BCUT2D eigenvalue weighted by molar-refractivity contribution is 0.0384. The van der Waals surface area contributed by atoms with Crippen molar-refractivity contribution in [3.8, 4) is 0 Å². The van der Waals surface area contributed by atoms with Gasteiger partial charge in [0.2, 0.25) is 0 Å². The van der Waals surface area contributed by atoms with E-state index in [2.05, 4.69) is 23.2 Å². The van der Waals surface area contributed by atoms with Gasteiger partial charge in [-0.2, -0.15) is 0 Å². The second kappa shape index (κ2) is 6.87. The largest absolute Gasteiger partial charge is 0.375 e. The van der Waals surface area contributed by atoms with Gasteiger partial charge in [-0.05, 0) is 36.7 Å². The lowest BCUT2D eigenvalue weighted by atomic mass is 10.1. The molecule has 2 rings (SSSR count). The summed E-state index contributed by atoms with van der Waals surface area (Å²) in [5, 5.41) is 3.23. The predicted octanol–water partition coefficient (Wildman–Crippen LogP) is 2.55. The standard InChI is InChI=1S/C15H23FN2O/c1-3-15-11-18(5-6-19-15)14-8-12(10-17-4-2)7-13(16)9-14/h7-9,15,17H,3-6,10-11H2,1-2H3. The fourth-order valence-electron chi connectivity index (χ4n) is 2.39. The second-order valence-corrected chi connectivity index (χ2v) is 4.95. The Morgan fingerprint density at radius 3 is 2.95 bits per heavy atom. The maximum Gasteiger partial charge on any atom is 0.125 e. The molecule has 0 radical (unpaired) electrons. The average molecular weight is 266 g/mol. The molecule has 1 aliphatic rings. The number of rotatable bonds is 5. The van der Waals surface area contributed by atoms with Gasteiger partial charge >= 0.3 is 0 Å². The topological polar surface area (TPSA) is 24.5 Å². The molecule has 1 aliphatic heterocycles. The summed E-state index contributed by atoms with van der Waals surface area (Å²) in [6.07, 6.45) is 1.25. The number of nitrogens with zero attached hydrogens (tertiary/aromatic N) is 1. The third kappa shape index (κ3) is 3.91. The molecular formula is C15H23FN2O. The van der Waals surface area contributed by atoms with Crippen molar-refractivity contribution in [3.63, 3.8) is 0 Å². The molecule has 0 aliphatic carbocycles. The Balaban J connectivity index is 2.11. The molecule has 1 unspecified atom stereocenters. The quantitative estimate of drug-likeness (QED) is 0.886. The van der Waals surface area contributed by atoms with Crippen molar-refractivity contribution < 1.29 is 9.13 Å². The fraction of sp³-hybridized carbons (Fsp3) is 0.600. The molecule has 19 heavy (non-hydrogen) atoms. The molecule has 3 nitrogen and oxygen atoms in total. The van der Waals surface area contributed by atoms with E-state index in [9.17, 15) is 4.39 Å². The summed E-state index contributed by atoms with van der Waals surface area (Å²) in [6, 6.07) is 5.29. The highest BCUT2D eigenvalue weighted by Crippen LogP contribution is 2.22. The summed E-state index contributed by atoms with van der Waals surface area (Å²) >= 11 is 0. The first-order chi connectivity index (χ1) is 9.22. The number of morpholine rings is 1.